The molecule has 1 aromatic rings. The number of anilines is 2. The van der Waals surface area contributed by atoms with Crippen LogP contribution in [0.5, 0.6) is 5.75 Å². The summed E-state index contributed by atoms with van der Waals surface area (Å²) < 4.78 is 10.6. The molecule has 0 radical (unpaired) electrons. The van der Waals surface area contributed by atoms with Gasteiger partial charge in [0.1, 0.15) is 5.75 Å². The summed E-state index contributed by atoms with van der Waals surface area (Å²) in [5, 5.41) is 0. The van der Waals surface area contributed by atoms with E-state index in [9.17, 15) is 4.79 Å². The molecule has 5 nitrogen and oxygen atoms in total. The summed E-state index contributed by atoms with van der Waals surface area (Å²) in [6, 6.07) is 5.34. The molecule has 18 heavy (non-hydrogen) atoms. The average Bonchev–Trinajstić information content (AvgIpc) is 2.36. The second-order valence-corrected chi connectivity index (χ2v) is 4.11. The Balaban J connectivity index is 2.09. The van der Waals surface area contributed by atoms with E-state index in [2.05, 4.69) is 0 Å². The maximum atomic E-state index is 11.9. The van der Waals surface area contributed by atoms with Gasteiger partial charge < -0.3 is 20.1 Å². The van der Waals surface area contributed by atoms with E-state index < -0.39 is 0 Å². The average molecular weight is 250 g/mol. The number of nitrogen functional groups attached to an aromatic ring is 1. The Kier molecular flexibility index (Phi) is 4.04. The molecule has 2 rings (SSSR count). The van der Waals surface area contributed by atoms with Gasteiger partial charge in [-0.15, -0.1) is 0 Å². The van der Waals surface area contributed by atoms with Crippen LogP contribution in [0.3, 0.4) is 0 Å². The van der Waals surface area contributed by atoms with Gasteiger partial charge in [-0.3, -0.25) is 4.79 Å². The van der Waals surface area contributed by atoms with Gasteiger partial charge in [0.2, 0.25) is 0 Å². The summed E-state index contributed by atoms with van der Waals surface area (Å²) in [6.07, 6.45) is 0.799. The molecule has 0 aliphatic carbocycles. The SMILES string of the molecule is CCOCCCN1C(=O)COc2ccc(N)cc21. The summed E-state index contributed by atoms with van der Waals surface area (Å²) in [5.74, 6) is 0.671. The first-order chi connectivity index (χ1) is 8.72. The van der Waals surface area contributed by atoms with Crippen LogP contribution in [0.2, 0.25) is 0 Å². The van der Waals surface area contributed by atoms with Crippen LogP contribution < -0.4 is 15.4 Å². The first-order valence-electron chi connectivity index (χ1n) is 6.13. The number of rotatable bonds is 5. The van der Waals surface area contributed by atoms with Crippen LogP contribution in [-0.2, 0) is 9.53 Å². The minimum Gasteiger partial charge on any atom is -0.482 e. The number of amides is 1. The fourth-order valence-electron chi connectivity index (χ4n) is 1.93. The molecule has 2 N–H and O–H groups in total. The summed E-state index contributed by atoms with van der Waals surface area (Å²) in [6.45, 7) is 4.01. The highest BCUT2D eigenvalue weighted by molar-refractivity contribution is 5.98. The lowest BCUT2D eigenvalue weighted by molar-refractivity contribution is -0.121. The van der Waals surface area contributed by atoms with Crippen molar-refractivity contribution in [1.82, 2.24) is 0 Å². The zero-order valence-electron chi connectivity index (χ0n) is 10.5. The number of nitrogens with zero attached hydrogens (tertiary/aromatic N) is 1. The minimum absolute atomic E-state index is 0.0374. The fourth-order valence-corrected chi connectivity index (χ4v) is 1.93. The second-order valence-electron chi connectivity index (χ2n) is 4.11. The molecule has 1 aliphatic heterocycles. The van der Waals surface area contributed by atoms with E-state index in [1.165, 1.54) is 0 Å². The van der Waals surface area contributed by atoms with E-state index in [-0.39, 0.29) is 12.5 Å². The number of fused-ring (bicyclic) bond motifs is 1. The van der Waals surface area contributed by atoms with E-state index >= 15 is 0 Å². The molecule has 1 aromatic carbocycles. The standard InChI is InChI=1S/C13H18N2O3/c1-2-17-7-3-6-15-11-8-10(14)4-5-12(11)18-9-13(15)16/h4-5,8H,2-3,6-7,9,14H2,1H3. The van der Waals surface area contributed by atoms with Crippen molar-refractivity contribution in [1.29, 1.82) is 0 Å². The second kappa shape index (κ2) is 5.73. The zero-order valence-corrected chi connectivity index (χ0v) is 10.5. The lowest BCUT2D eigenvalue weighted by Gasteiger charge is -2.29. The molecule has 0 aromatic heterocycles. The number of ether oxygens (including phenoxy) is 2. The van der Waals surface area contributed by atoms with E-state index in [0.717, 1.165) is 12.1 Å². The summed E-state index contributed by atoms with van der Waals surface area (Å²) in [4.78, 5) is 13.6. The molecular weight excluding hydrogens is 232 g/mol. The van der Waals surface area contributed by atoms with Crippen molar-refractivity contribution < 1.29 is 14.3 Å². The monoisotopic (exact) mass is 250 g/mol. The maximum absolute atomic E-state index is 11.9. The zero-order chi connectivity index (χ0) is 13.0. The molecule has 0 fully saturated rings. The van der Waals surface area contributed by atoms with Crippen molar-refractivity contribution in [2.24, 2.45) is 0 Å². The third kappa shape index (κ3) is 2.73. The highest BCUT2D eigenvalue weighted by Crippen LogP contribution is 2.33. The molecule has 1 heterocycles. The van der Waals surface area contributed by atoms with Crippen LogP contribution in [0, 0.1) is 0 Å². The van der Waals surface area contributed by atoms with Gasteiger partial charge in [-0.2, -0.15) is 0 Å². The Hall–Kier alpha value is -1.75. The molecule has 0 saturated heterocycles. The van der Waals surface area contributed by atoms with Crippen LogP contribution >= 0.6 is 0 Å². The van der Waals surface area contributed by atoms with Crippen molar-refractivity contribution in [3.8, 4) is 5.75 Å². The third-order valence-corrected chi connectivity index (χ3v) is 2.80. The number of hydrogen-bond donors (Lipinski definition) is 1. The van der Waals surface area contributed by atoms with Gasteiger partial charge in [-0.25, -0.2) is 0 Å². The number of benzene rings is 1. The van der Waals surface area contributed by atoms with Crippen molar-refractivity contribution in [3.63, 3.8) is 0 Å². The van der Waals surface area contributed by atoms with Crippen LogP contribution in [0.1, 0.15) is 13.3 Å². The van der Waals surface area contributed by atoms with Crippen LogP contribution in [0.15, 0.2) is 18.2 Å². The Morgan fingerprint density at radius 2 is 2.33 bits per heavy atom. The Morgan fingerprint density at radius 1 is 1.50 bits per heavy atom. The van der Waals surface area contributed by atoms with Crippen LogP contribution in [0.4, 0.5) is 11.4 Å². The van der Waals surface area contributed by atoms with E-state index in [4.69, 9.17) is 15.2 Å². The molecule has 0 bridgehead atoms. The minimum atomic E-state index is -0.0374. The Labute approximate surface area is 106 Å². The van der Waals surface area contributed by atoms with Gasteiger partial charge in [0.05, 0.1) is 5.69 Å². The van der Waals surface area contributed by atoms with Gasteiger partial charge >= 0.3 is 0 Å². The van der Waals surface area contributed by atoms with Gasteiger partial charge in [0.15, 0.2) is 6.61 Å². The molecule has 1 amide bonds. The number of nitrogens with two attached hydrogens (primary N) is 1. The first kappa shape index (κ1) is 12.7. The van der Waals surface area contributed by atoms with E-state index in [1.54, 1.807) is 23.1 Å². The van der Waals surface area contributed by atoms with Crippen LogP contribution in [0.25, 0.3) is 0 Å². The summed E-state index contributed by atoms with van der Waals surface area (Å²) in [7, 11) is 0. The van der Waals surface area contributed by atoms with E-state index in [0.29, 0.717) is 31.2 Å². The number of carbonyl (C=O) groups is 1. The van der Waals surface area contributed by atoms with Gasteiger partial charge in [0, 0.05) is 25.4 Å². The number of hydrogen-bond acceptors (Lipinski definition) is 4. The molecule has 5 heteroatoms. The molecule has 0 spiro atoms. The smallest absolute Gasteiger partial charge is 0.265 e. The van der Waals surface area contributed by atoms with Gasteiger partial charge in [-0.05, 0) is 31.5 Å². The van der Waals surface area contributed by atoms with Crippen LogP contribution in [-0.4, -0.2) is 32.3 Å². The quantitative estimate of drug-likeness (QED) is 0.634. The molecule has 0 atom stereocenters. The molecule has 0 unspecified atom stereocenters. The van der Waals surface area contributed by atoms with Crippen molar-refractivity contribution in [3.05, 3.63) is 18.2 Å². The van der Waals surface area contributed by atoms with Crippen molar-refractivity contribution >= 4 is 17.3 Å². The lowest BCUT2D eigenvalue weighted by atomic mass is 10.2. The van der Waals surface area contributed by atoms with Gasteiger partial charge in [0.25, 0.3) is 5.91 Å². The first-order valence-corrected chi connectivity index (χ1v) is 6.13. The largest absolute Gasteiger partial charge is 0.482 e. The fraction of sp³-hybridized carbons (Fsp3) is 0.462. The van der Waals surface area contributed by atoms with Crippen molar-refractivity contribution in [2.75, 3.05) is 37.0 Å². The van der Waals surface area contributed by atoms with Crippen molar-refractivity contribution in [2.45, 2.75) is 13.3 Å². The highest BCUT2D eigenvalue weighted by Gasteiger charge is 2.25. The highest BCUT2D eigenvalue weighted by atomic mass is 16.5. The predicted molar refractivity (Wildman–Crippen MR) is 69.8 cm³/mol. The summed E-state index contributed by atoms with van der Waals surface area (Å²) >= 11 is 0. The topological polar surface area (TPSA) is 64.8 Å². The van der Waals surface area contributed by atoms with E-state index in [1.807, 2.05) is 6.92 Å². The molecule has 1 aliphatic rings. The maximum Gasteiger partial charge on any atom is 0.265 e. The Bertz CT molecular complexity index is 434. The molecule has 98 valence electrons. The summed E-state index contributed by atoms with van der Waals surface area (Å²) in [5.41, 5.74) is 7.13. The molecule has 0 saturated carbocycles. The lowest BCUT2D eigenvalue weighted by Crippen LogP contribution is -2.39. The number of carbonyl (C=O) groups excluding carboxylic acids is 1. The Morgan fingerprint density at radius 3 is 3.11 bits per heavy atom. The normalized spacial score (nSPS) is 14.3. The molecular formula is C13H18N2O3. The third-order valence-electron chi connectivity index (χ3n) is 2.80. The predicted octanol–water partition coefficient (Wildman–Crippen LogP) is 1.42. The van der Waals surface area contributed by atoms with Gasteiger partial charge in [-0.1, -0.05) is 0 Å².